The van der Waals surface area contributed by atoms with Gasteiger partial charge in [0.25, 0.3) is 0 Å². The minimum Gasteiger partial charge on any atom is -0.483 e. The van der Waals surface area contributed by atoms with E-state index in [0.29, 0.717) is 11.5 Å². The Balaban J connectivity index is 1.92. The quantitative estimate of drug-likeness (QED) is 0.934. The standard InChI is InChI=1S/C15H14N2O4/c1-15(2)8-9-4-3-5-11(12(9)21-15)20-14-16-7-6-10(17-14)13(18)19/h3-7H,8H2,1-2H3,(H,18,19). The number of carboxylic acids is 1. The van der Waals surface area contributed by atoms with Crippen LogP contribution in [0, 0.1) is 0 Å². The van der Waals surface area contributed by atoms with E-state index in [2.05, 4.69) is 9.97 Å². The Morgan fingerprint density at radius 3 is 2.95 bits per heavy atom. The molecule has 21 heavy (non-hydrogen) atoms. The van der Waals surface area contributed by atoms with E-state index in [1.165, 1.54) is 12.3 Å². The van der Waals surface area contributed by atoms with Crippen LogP contribution in [0.3, 0.4) is 0 Å². The van der Waals surface area contributed by atoms with Gasteiger partial charge in [0.1, 0.15) is 5.60 Å². The van der Waals surface area contributed by atoms with Crippen LogP contribution in [-0.4, -0.2) is 26.6 Å². The molecule has 108 valence electrons. The van der Waals surface area contributed by atoms with Gasteiger partial charge in [-0.25, -0.2) is 9.78 Å². The minimum atomic E-state index is -1.13. The molecular weight excluding hydrogens is 272 g/mol. The van der Waals surface area contributed by atoms with Gasteiger partial charge < -0.3 is 14.6 Å². The summed E-state index contributed by atoms with van der Waals surface area (Å²) >= 11 is 0. The summed E-state index contributed by atoms with van der Waals surface area (Å²) in [5.41, 5.74) is 0.645. The molecule has 6 heteroatoms. The number of nitrogens with zero attached hydrogens (tertiary/aromatic N) is 2. The largest absolute Gasteiger partial charge is 0.483 e. The molecule has 0 bridgehead atoms. The number of hydrogen-bond acceptors (Lipinski definition) is 5. The summed E-state index contributed by atoms with van der Waals surface area (Å²) in [6.45, 7) is 4.00. The van der Waals surface area contributed by atoms with Crippen molar-refractivity contribution in [2.75, 3.05) is 0 Å². The second kappa shape index (κ2) is 4.73. The lowest BCUT2D eigenvalue weighted by molar-refractivity contribution is 0.0689. The van der Waals surface area contributed by atoms with E-state index in [1.807, 2.05) is 26.0 Å². The second-order valence-electron chi connectivity index (χ2n) is 5.41. The van der Waals surface area contributed by atoms with Crippen LogP contribution in [0.1, 0.15) is 29.9 Å². The van der Waals surface area contributed by atoms with Crippen LogP contribution in [-0.2, 0) is 6.42 Å². The van der Waals surface area contributed by atoms with E-state index in [4.69, 9.17) is 14.6 Å². The number of para-hydroxylation sites is 1. The molecule has 1 aromatic carbocycles. The van der Waals surface area contributed by atoms with Crippen LogP contribution in [0.4, 0.5) is 0 Å². The molecule has 0 radical (unpaired) electrons. The Kier molecular flexibility index (Phi) is 3.01. The van der Waals surface area contributed by atoms with Crippen LogP contribution in [0.15, 0.2) is 30.5 Å². The van der Waals surface area contributed by atoms with E-state index in [0.717, 1.165) is 12.0 Å². The predicted octanol–water partition coefficient (Wildman–Crippen LogP) is 2.68. The Morgan fingerprint density at radius 1 is 1.38 bits per heavy atom. The number of aromatic carboxylic acids is 1. The van der Waals surface area contributed by atoms with Gasteiger partial charge in [-0.2, -0.15) is 4.98 Å². The zero-order valence-corrected chi connectivity index (χ0v) is 11.7. The van der Waals surface area contributed by atoms with Gasteiger partial charge in [0, 0.05) is 18.2 Å². The molecule has 0 atom stereocenters. The zero-order valence-electron chi connectivity index (χ0n) is 11.7. The van der Waals surface area contributed by atoms with Gasteiger partial charge in [-0.15, -0.1) is 0 Å². The average molecular weight is 286 g/mol. The zero-order chi connectivity index (χ0) is 15.0. The number of carboxylic acid groups (broad SMARTS) is 1. The molecule has 1 aromatic heterocycles. The fourth-order valence-corrected chi connectivity index (χ4v) is 2.28. The van der Waals surface area contributed by atoms with Crippen LogP contribution < -0.4 is 9.47 Å². The Hall–Kier alpha value is -2.63. The molecule has 0 saturated heterocycles. The molecule has 0 unspecified atom stereocenters. The van der Waals surface area contributed by atoms with Gasteiger partial charge in [0.2, 0.25) is 0 Å². The lowest BCUT2D eigenvalue weighted by atomic mass is 10.0. The van der Waals surface area contributed by atoms with E-state index >= 15 is 0 Å². The Bertz CT molecular complexity index is 713. The highest BCUT2D eigenvalue weighted by atomic mass is 16.5. The highest BCUT2D eigenvalue weighted by molar-refractivity contribution is 5.85. The summed E-state index contributed by atoms with van der Waals surface area (Å²) in [7, 11) is 0. The van der Waals surface area contributed by atoms with Gasteiger partial charge in [0.15, 0.2) is 17.2 Å². The van der Waals surface area contributed by atoms with Crippen molar-refractivity contribution in [1.82, 2.24) is 9.97 Å². The fraction of sp³-hybridized carbons (Fsp3) is 0.267. The molecule has 0 fully saturated rings. The van der Waals surface area contributed by atoms with Crippen molar-refractivity contribution in [3.8, 4) is 17.5 Å². The topological polar surface area (TPSA) is 81.5 Å². The summed E-state index contributed by atoms with van der Waals surface area (Å²) in [5, 5.41) is 8.93. The van der Waals surface area contributed by atoms with Crippen LogP contribution in [0.2, 0.25) is 0 Å². The first-order chi connectivity index (χ1) is 9.94. The molecule has 2 aromatic rings. The maximum Gasteiger partial charge on any atom is 0.354 e. The van der Waals surface area contributed by atoms with Crippen LogP contribution in [0.25, 0.3) is 0 Å². The van der Waals surface area contributed by atoms with Gasteiger partial charge in [-0.1, -0.05) is 12.1 Å². The average Bonchev–Trinajstić information content (AvgIpc) is 2.74. The van der Waals surface area contributed by atoms with Gasteiger partial charge in [0.05, 0.1) is 0 Å². The highest BCUT2D eigenvalue weighted by Gasteiger charge is 2.32. The summed E-state index contributed by atoms with van der Waals surface area (Å²) in [5.74, 6) is 0.0189. The van der Waals surface area contributed by atoms with Crippen molar-refractivity contribution in [2.24, 2.45) is 0 Å². The summed E-state index contributed by atoms with van der Waals surface area (Å²) in [6.07, 6.45) is 2.13. The van der Waals surface area contributed by atoms with Crippen molar-refractivity contribution in [3.63, 3.8) is 0 Å². The molecule has 0 amide bonds. The number of hydrogen-bond donors (Lipinski definition) is 1. The molecule has 6 nitrogen and oxygen atoms in total. The van der Waals surface area contributed by atoms with Gasteiger partial charge in [-0.05, 0) is 26.0 Å². The van der Waals surface area contributed by atoms with E-state index in [9.17, 15) is 4.79 Å². The van der Waals surface area contributed by atoms with Crippen molar-refractivity contribution >= 4 is 5.97 Å². The lowest BCUT2D eigenvalue weighted by Crippen LogP contribution is -2.24. The van der Waals surface area contributed by atoms with Crippen molar-refractivity contribution in [3.05, 3.63) is 41.7 Å². The number of ether oxygens (including phenoxy) is 2. The van der Waals surface area contributed by atoms with Crippen molar-refractivity contribution in [2.45, 2.75) is 25.9 Å². The molecule has 3 rings (SSSR count). The number of benzene rings is 1. The maximum absolute atomic E-state index is 10.9. The Labute approximate surface area is 121 Å². The third-order valence-electron chi connectivity index (χ3n) is 3.11. The lowest BCUT2D eigenvalue weighted by Gasteiger charge is -2.17. The highest BCUT2D eigenvalue weighted by Crippen LogP contribution is 2.42. The van der Waals surface area contributed by atoms with Crippen molar-refractivity contribution in [1.29, 1.82) is 0 Å². The first-order valence-electron chi connectivity index (χ1n) is 6.50. The molecule has 0 saturated carbocycles. The summed E-state index contributed by atoms with van der Waals surface area (Å²) in [6, 6.07) is 6.88. The van der Waals surface area contributed by atoms with Crippen LogP contribution in [0.5, 0.6) is 17.5 Å². The number of aromatic nitrogens is 2. The molecule has 1 aliphatic heterocycles. The second-order valence-corrected chi connectivity index (χ2v) is 5.41. The van der Waals surface area contributed by atoms with Crippen molar-refractivity contribution < 1.29 is 19.4 Å². The molecular formula is C15H14N2O4. The Morgan fingerprint density at radius 2 is 2.19 bits per heavy atom. The number of carbonyl (C=O) groups is 1. The third kappa shape index (κ3) is 2.65. The summed E-state index contributed by atoms with van der Waals surface area (Å²) in [4.78, 5) is 18.7. The SMILES string of the molecule is CC1(C)Cc2cccc(Oc3nccc(C(=O)O)n3)c2O1. The van der Waals surface area contributed by atoms with Gasteiger partial charge >= 0.3 is 12.0 Å². The number of fused-ring (bicyclic) bond motifs is 1. The van der Waals surface area contributed by atoms with E-state index in [-0.39, 0.29) is 17.3 Å². The first kappa shape index (κ1) is 13.4. The van der Waals surface area contributed by atoms with E-state index < -0.39 is 5.97 Å². The maximum atomic E-state index is 10.9. The van der Waals surface area contributed by atoms with Crippen LogP contribution >= 0.6 is 0 Å². The summed E-state index contributed by atoms with van der Waals surface area (Å²) < 4.78 is 11.5. The first-order valence-corrected chi connectivity index (χ1v) is 6.50. The molecule has 0 aliphatic carbocycles. The monoisotopic (exact) mass is 286 g/mol. The number of rotatable bonds is 3. The molecule has 0 spiro atoms. The fourth-order valence-electron chi connectivity index (χ4n) is 2.28. The minimum absolute atomic E-state index is 0.0170. The predicted molar refractivity (Wildman–Crippen MR) is 73.9 cm³/mol. The van der Waals surface area contributed by atoms with Gasteiger partial charge in [-0.3, -0.25) is 0 Å². The third-order valence-corrected chi connectivity index (χ3v) is 3.11. The molecule has 1 aliphatic rings. The molecule has 1 N–H and O–H groups in total. The molecule has 2 heterocycles. The normalized spacial score (nSPS) is 15.1. The van der Waals surface area contributed by atoms with E-state index in [1.54, 1.807) is 6.07 Å². The smallest absolute Gasteiger partial charge is 0.354 e.